The van der Waals surface area contributed by atoms with Crippen LogP contribution in [0.1, 0.15) is 18.1 Å². The molecule has 2 aromatic carbocycles. The van der Waals surface area contributed by atoms with Gasteiger partial charge >= 0.3 is 0 Å². The first-order chi connectivity index (χ1) is 10.7. The number of hydrogen-bond donors (Lipinski definition) is 0. The van der Waals surface area contributed by atoms with E-state index in [4.69, 9.17) is 17.0 Å². The van der Waals surface area contributed by atoms with Gasteiger partial charge in [-0.15, -0.1) is 11.8 Å². The van der Waals surface area contributed by atoms with Gasteiger partial charge in [0.2, 0.25) is 0 Å². The zero-order valence-corrected chi connectivity index (χ0v) is 13.9. The number of fused-ring (bicyclic) bond motifs is 3. The van der Waals surface area contributed by atoms with Crippen LogP contribution in [0.15, 0.2) is 59.5 Å². The highest BCUT2D eigenvalue weighted by atomic mass is 32.2. The van der Waals surface area contributed by atoms with Crippen LogP contribution in [0.25, 0.3) is 11.1 Å². The van der Waals surface area contributed by atoms with Gasteiger partial charge < -0.3 is 4.74 Å². The Balaban J connectivity index is 1.77. The second-order valence-corrected chi connectivity index (χ2v) is 7.55. The quantitative estimate of drug-likeness (QED) is 0.435. The van der Waals surface area contributed by atoms with Gasteiger partial charge in [-0.2, -0.15) is 0 Å². The van der Waals surface area contributed by atoms with E-state index in [2.05, 4.69) is 61.5 Å². The van der Waals surface area contributed by atoms with E-state index in [1.807, 2.05) is 11.8 Å². The summed E-state index contributed by atoms with van der Waals surface area (Å²) < 4.78 is 5.74. The van der Waals surface area contributed by atoms with Gasteiger partial charge in [0.05, 0.1) is 0 Å². The van der Waals surface area contributed by atoms with Crippen LogP contribution in [0.3, 0.4) is 0 Å². The Morgan fingerprint density at radius 3 is 2.73 bits per heavy atom. The molecule has 1 aliphatic carbocycles. The summed E-state index contributed by atoms with van der Waals surface area (Å²) in [6, 6.07) is 14.9. The summed E-state index contributed by atoms with van der Waals surface area (Å²) in [6.07, 6.45) is 4.53. The Hall–Kier alpha value is -1.58. The summed E-state index contributed by atoms with van der Waals surface area (Å²) in [5.41, 5.74) is 4.65. The van der Waals surface area contributed by atoms with E-state index in [9.17, 15) is 0 Å². The number of thioether (sulfide) groups is 1. The average Bonchev–Trinajstić information content (AvgIpc) is 3.37. The molecule has 0 amide bonds. The molecular weight excluding hydrogens is 308 g/mol. The maximum atomic E-state index is 5.74. The molecule has 2 aromatic rings. The lowest BCUT2D eigenvalue weighted by molar-refractivity contribution is 0.304. The molecule has 0 spiro atoms. The van der Waals surface area contributed by atoms with Gasteiger partial charge in [0.25, 0.3) is 0 Å². The van der Waals surface area contributed by atoms with Crippen LogP contribution in [-0.2, 0) is 11.3 Å². The van der Waals surface area contributed by atoms with Crippen molar-refractivity contribution in [2.24, 2.45) is 5.92 Å². The second kappa shape index (κ2) is 5.56. The molecule has 22 heavy (non-hydrogen) atoms. The summed E-state index contributed by atoms with van der Waals surface area (Å²) in [4.78, 5) is 1.29. The van der Waals surface area contributed by atoms with E-state index in [-0.39, 0.29) is 0 Å². The van der Waals surface area contributed by atoms with E-state index >= 15 is 0 Å². The molecule has 0 aromatic heterocycles. The highest BCUT2D eigenvalue weighted by molar-refractivity contribution is 8.00. The first-order valence-corrected chi connectivity index (χ1v) is 8.75. The predicted octanol–water partition coefficient (Wildman–Crippen LogP) is 5.23. The number of allylic oxidation sites excluding steroid dienone is 2. The van der Waals surface area contributed by atoms with Gasteiger partial charge in [-0.3, -0.25) is 0 Å². The van der Waals surface area contributed by atoms with Gasteiger partial charge in [-0.25, -0.2) is 0 Å². The third kappa shape index (κ3) is 2.59. The topological polar surface area (TPSA) is 9.23 Å². The lowest BCUT2D eigenvalue weighted by Crippen LogP contribution is -2.02. The van der Waals surface area contributed by atoms with Crippen molar-refractivity contribution in [3.63, 3.8) is 0 Å². The number of rotatable bonds is 3. The molecular formula is C19H16OS2. The lowest BCUT2D eigenvalue weighted by atomic mass is 9.97. The molecule has 4 rings (SSSR count). The molecule has 2 aliphatic rings. The molecule has 1 unspecified atom stereocenters. The molecule has 1 aliphatic heterocycles. The minimum atomic E-state index is 0.550. The summed E-state index contributed by atoms with van der Waals surface area (Å²) >= 11 is 7.36. The fourth-order valence-corrected chi connectivity index (χ4v) is 4.14. The molecule has 0 bridgehead atoms. The fourth-order valence-electron chi connectivity index (χ4n) is 2.80. The van der Waals surface area contributed by atoms with E-state index in [0.29, 0.717) is 22.8 Å². The Bertz CT molecular complexity index is 773. The molecule has 1 atom stereocenters. The van der Waals surface area contributed by atoms with Crippen molar-refractivity contribution in [1.82, 2.24) is 0 Å². The molecule has 0 fully saturated rings. The third-order valence-electron chi connectivity index (χ3n) is 4.16. The predicted molar refractivity (Wildman–Crippen MR) is 96.3 cm³/mol. The molecule has 1 nitrogen and oxygen atoms in total. The Morgan fingerprint density at radius 1 is 1.09 bits per heavy atom. The zero-order chi connectivity index (χ0) is 15.1. The Kier molecular flexibility index (Phi) is 3.55. The van der Waals surface area contributed by atoms with Gasteiger partial charge in [-0.05, 0) is 47.1 Å². The smallest absolute Gasteiger partial charge is 0.192 e. The number of benzene rings is 2. The number of thiocarbonyl (C=S) groups is 1. The SMILES string of the molecule is CC(Sc1ccc2c(c1)-c1ccccc1COC2=S)C1C=C1. The van der Waals surface area contributed by atoms with Gasteiger partial charge in [0, 0.05) is 21.6 Å². The van der Waals surface area contributed by atoms with Crippen LogP contribution in [0, 0.1) is 5.92 Å². The minimum absolute atomic E-state index is 0.550. The second-order valence-electron chi connectivity index (χ2n) is 5.73. The first-order valence-electron chi connectivity index (χ1n) is 7.47. The molecule has 1 heterocycles. The van der Waals surface area contributed by atoms with Crippen LogP contribution in [0.4, 0.5) is 0 Å². The van der Waals surface area contributed by atoms with E-state index < -0.39 is 0 Å². The molecule has 3 heteroatoms. The van der Waals surface area contributed by atoms with Crippen molar-refractivity contribution in [1.29, 1.82) is 0 Å². The lowest BCUT2D eigenvalue weighted by Gasteiger charge is -2.13. The zero-order valence-electron chi connectivity index (χ0n) is 12.3. The molecule has 0 N–H and O–H groups in total. The largest absolute Gasteiger partial charge is 0.478 e. The number of hydrogen-bond acceptors (Lipinski definition) is 3. The molecule has 0 saturated carbocycles. The summed E-state index contributed by atoms with van der Waals surface area (Å²) in [5, 5.41) is 1.18. The van der Waals surface area contributed by atoms with Crippen molar-refractivity contribution in [2.45, 2.75) is 23.7 Å². The molecule has 0 radical (unpaired) electrons. The number of ether oxygens (including phenoxy) is 1. The highest BCUT2D eigenvalue weighted by Gasteiger charge is 2.22. The van der Waals surface area contributed by atoms with Gasteiger partial charge in [0.1, 0.15) is 6.61 Å². The van der Waals surface area contributed by atoms with Crippen molar-refractivity contribution in [2.75, 3.05) is 0 Å². The third-order valence-corrected chi connectivity index (χ3v) is 5.71. The first kappa shape index (κ1) is 14.0. The van der Waals surface area contributed by atoms with Gasteiger partial charge in [0.15, 0.2) is 5.05 Å². The van der Waals surface area contributed by atoms with Crippen LogP contribution in [-0.4, -0.2) is 10.3 Å². The van der Waals surface area contributed by atoms with Crippen molar-refractivity contribution in [3.8, 4) is 11.1 Å². The minimum Gasteiger partial charge on any atom is -0.478 e. The normalized spacial score (nSPS) is 17.2. The summed E-state index contributed by atoms with van der Waals surface area (Å²) in [6.45, 7) is 2.83. The van der Waals surface area contributed by atoms with Crippen LogP contribution in [0.2, 0.25) is 0 Å². The monoisotopic (exact) mass is 324 g/mol. The average molecular weight is 324 g/mol. The van der Waals surface area contributed by atoms with E-state index in [1.54, 1.807) is 0 Å². The van der Waals surface area contributed by atoms with E-state index in [0.717, 1.165) is 5.56 Å². The summed E-state index contributed by atoms with van der Waals surface area (Å²) in [5.74, 6) is 0.653. The standard InChI is InChI=1S/C19H16OS2/c1-12(13-6-7-13)22-15-8-9-17-18(10-15)16-5-3-2-4-14(16)11-20-19(17)21/h2-10,12-13H,11H2,1H3. The molecule has 110 valence electrons. The maximum Gasteiger partial charge on any atom is 0.192 e. The van der Waals surface area contributed by atoms with Crippen molar-refractivity contribution < 1.29 is 4.74 Å². The van der Waals surface area contributed by atoms with Crippen LogP contribution in [0.5, 0.6) is 0 Å². The maximum absolute atomic E-state index is 5.74. The van der Waals surface area contributed by atoms with Gasteiger partial charge in [-0.1, -0.05) is 43.3 Å². The molecule has 0 saturated heterocycles. The fraction of sp³-hybridized carbons (Fsp3) is 0.211. The van der Waals surface area contributed by atoms with Crippen LogP contribution >= 0.6 is 24.0 Å². The summed E-state index contributed by atoms with van der Waals surface area (Å²) in [7, 11) is 0. The Morgan fingerprint density at radius 2 is 1.91 bits per heavy atom. The van der Waals surface area contributed by atoms with Crippen molar-refractivity contribution in [3.05, 3.63) is 65.7 Å². The van der Waals surface area contributed by atoms with E-state index in [1.165, 1.54) is 21.6 Å². The Labute approximate surface area is 140 Å². The van der Waals surface area contributed by atoms with Crippen LogP contribution < -0.4 is 0 Å². The van der Waals surface area contributed by atoms with Crippen molar-refractivity contribution >= 4 is 29.0 Å². The highest BCUT2D eigenvalue weighted by Crippen LogP contribution is 2.38.